The standard InChI is InChI=1S/C11H9N5/c1-7-4-8(2-3-13-7)10-15-9-5-12-6-14-11(9)16-10/h2-6H,1H3,(H,12,14,15,16). The molecule has 16 heavy (non-hydrogen) atoms. The van der Waals surface area contributed by atoms with Crippen LogP contribution in [0.1, 0.15) is 5.69 Å². The van der Waals surface area contributed by atoms with E-state index in [0.29, 0.717) is 5.65 Å². The summed E-state index contributed by atoms with van der Waals surface area (Å²) in [5, 5.41) is 0. The number of rotatable bonds is 1. The fourth-order valence-corrected chi connectivity index (χ4v) is 1.59. The third-order valence-electron chi connectivity index (χ3n) is 2.33. The highest BCUT2D eigenvalue weighted by molar-refractivity contribution is 5.74. The van der Waals surface area contributed by atoms with Crippen molar-refractivity contribution in [1.29, 1.82) is 0 Å². The van der Waals surface area contributed by atoms with E-state index in [-0.39, 0.29) is 0 Å². The highest BCUT2D eigenvalue weighted by Gasteiger charge is 2.05. The van der Waals surface area contributed by atoms with Gasteiger partial charge in [0.25, 0.3) is 0 Å². The van der Waals surface area contributed by atoms with E-state index >= 15 is 0 Å². The van der Waals surface area contributed by atoms with Crippen molar-refractivity contribution in [3.63, 3.8) is 0 Å². The first kappa shape index (κ1) is 8.96. The molecule has 0 aromatic carbocycles. The van der Waals surface area contributed by atoms with Gasteiger partial charge in [0, 0.05) is 17.5 Å². The normalized spacial score (nSPS) is 10.8. The second-order valence-electron chi connectivity index (χ2n) is 3.53. The Labute approximate surface area is 91.6 Å². The molecule has 0 spiro atoms. The summed E-state index contributed by atoms with van der Waals surface area (Å²) in [6.45, 7) is 1.95. The molecule has 3 aromatic rings. The first-order valence-electron chi connectivity index (χ1n) is 4.92. The number of nitrogens with one attached hydrogen (secondary N) is 1. The molecule has 0 bridgehead atoms. The van der Waals surface area contributed by atoms with Crippen molar-refractivity contribution in [3.05, 3.63) is 36.5 Å². The fraction of sp³-hybridized carbons (Fsp3) is 0.0909. The Kier molecular flexibility index (Phi) is 1.89. The first-order chi connectivity index (χ1) is 7.83. The molecule has 0 amide bonds. The average molecular weight is 211 g/mol. The summed E-state index contributed by atoms with van der Waals surface area (Å²) in [7, 11) is 0. The lowest BCUT2D eigenvalue weighted by Crippen LogP contribution is -1.84. The van der Waals surface area contributed by atoms with Gasteiger partial charge in [0.1, 0.15) is 17.7 Å². The predicted molar refractivity (Wildman–Crippen MR) is 59.7 cm³/mol. The summed E-state index contributed by atoms with van der Waals surface area (Å²) < 4.78 is 0. The number of hydrogen-bond acceptors (Lipinski definition) is 4. The van der Waals surface area contributed by atoms with Gasteiger partial charge >= 0.3 is 0 Å². The SMILES string of the molecule is Cc1cc(-c2nc3ncncc3[nH]2)ccn1. The molecule has 3 rings (SSSR count). The quantitative estimate of drug-likeness (QED) is 0.665. The maximum atomic E-state index is 4.39. The smallest absolute Gasteiger partial charge is 0.181 e. The van der Waals surface area contributed by atoms with Gasteiger partial charge in [0.2, 0.25) is 0 Å². The Morgan fingerprint density at radius 1 is 1.25 bits per heavy atom. The number of nitrogens with zero attached hydrogens (tertiary/aromatic N) is 4. The number of fused-ring (bicyclic) bond motifs is 1. The molecular weight excluding hydrogens is 202 g/mol. The lowest BCUT2D eigenvalue weighted by molar-refractivity contribution is 1.19. The summed E-state index contributed by atoms with van der Waals surface area (Å²) >= 11 is 0. The second-order valence-corrected chi connectivity index (χ2v) is 3.53. The highest BCUT2D eigenvalue weighted by atomic mass is 15.0. The maximum Gasteiger partial charge on any atom is 0.181 e. The Morgan fingerprint density at radius 2 is 2.19 bits per heavy atom. The number of pyridine rings is 1. The van der Waals surface area contributed by atoms with Crippen molar-refractivity contribution in [2.75, 3.05) is 0 Å². The Morgan fingerprint density at radius 3 is 3.00 bits per heavy atom. The third kappa shape index (κ3) is 1.42. The molecule has 5 nitrogen and oxygen atoms in total. The largest absolute Gasteiger partial charge is 0.335 e. The molecule has 0 unspecified atom stereocenters. The molecular formula is C11H9N5. The van der Waals surface area contributed by atoms with Crippen molar-refractivity contribution >= 4 is 11.2 Å². The summed E-state index contributed by atoms with van der Waals surface area (Å²) in [6, 6.07) is 3.89. The molecule has 0 fully saturated rings. The first-order valence-corrected chi connectivity index (χ1v) is 4.92. The topological polar surface area (TPSA) is 67.3 Å². The van der Waals surface area contributed by atoms with Crippen molar-refractivity contribution < 1.29 is 0 Å². The second kappa shape index (κ2) is 3.37. The molecule has 0 aliphatic carbocycles. The number of aromatic nitrogens is 5. The van der Waals surface area contributed by atoms with Crippen LogP contribution in [0.4, 0.5) is 0 Å². The average Bonchev–Trinajstić information content (AvgIpc) is 2.72. The molecule has 3 heterocycles. The van der Waals surface area contributed by atoms with E-state index in [1.165, 1.54) is 6.33 Å². The minimum atomic E-state index is 0.680. The summed E-state index contributed by atoms with van der Waals surface area (Å²) in [6.07, 6.45) is 4.97. The Bertz CT molecular complexity index is 610. The van der Waals surface area contributed by atoms with Gasteiger partial charge in [-0.3, -0.25) is 4.98 Å². The molecule has 3 aromatic heterocycles. The van der Waals surface area contributed by atoms with Crippen LogP contribution >= 0.6 is 0 Å². The van der Waals surface area contributed by atoms with Crippen LogP contribution in [0.25, 0.3) is 22.6 Å². The van der Waals surface area contributed by atoms with Crippen molar-refractivity contribution in [2.45, 2.75) is 6.92 Å². The van der Waals surface area contributed by atoms with E-state index in [9.17, 15) is 0 Å². The predicted octanol–water partition coefficient (Wildman–Crippen LogP) is 1.72. The molecule has 0 aliphatic heterocycles. The number of imidazole rings is 1. The zero-order valence-corrected chi connectivity index (χ0v) is 8.68. The molecule has 0 atom stereocenters. The van der Waals surface area contributed by atoms with Crippen LogP contribution in [0.15, 0.2) is 30.9 Å². The summed E-state index contributed by atoms with van der Waals surface area (Å²) in [5.41, 5.74) is 3.49. The number of hydrogen-bond donors (Lipinski definition) is 1. The highest BCUT2D eigenvalue weighted by Crippen LogP contribution is 2.18. The van der Waals surface area contributed by atoms with Crippen LogP contribution in [0.3, 0.4) is 0 Å². The minimum absolute atomic E-state index is 0.680. The summed E-state index contributed by atoms with van der Waals surface area (Å²) in [4.78, 5) is 19.7. The van der Waals surface area contributed by atoms with Crippen molar-refractivity contribution in [3.8, 4) is 11.4 Å². The molecule has 0 saturated carbocycles. The lowest BCUT2D eigenvalue weighted by Gasteiger charge is -1.96. The van der Waals surface area contributed by atoms with Gasteiger partial charge < -0.3 is 4.98 Å². The number of H-pyrrole nitrogens is 1. The van der Waals surface area contributed by atoms with E-state index < -0.39 is 0 Å². The number of aryl methyl sites for hydroxylation is 1. The zero-order valence-electron chi connectivity index (χ0n) is 8.68. The molecule has 5 heteroatoms. The zero-order chi connectivity index (χ0) is 11.0. The van der Waals surface area contributed by atoms with Gasteiger partial charge in [0.15, 0.2) is 5.65 Å². The van der Waals surface area contributed by atoms with Gasteiger partial charge in [-0.15, -0.1) is 0 Å². The molecule has 0 saturated heterocycles. The van der Waals surface area contributed by atoms with E-state index in [1.807, 2.05) is 19.1 Å². The molecule has 1 N–H and O–H groups in total. The maximum absolute atomic E-state index is 4.39. The van der Waals surface area contributed by atoms with E-state index in [0.717, 1.165) is 22.6 Å². The molecule has 0 aliphatic rings. The van der Waals surface area contributed by atoms with E-state index in [4.69, 9.17) is 0 Å². The van der Waals surface area contributed by atoms with Crippen LogP contribution in [0, 0.1) is 6.92 Å². The summed E-state index contributed by atoms with van der Waals surface area (Å²) in [5.74, 6) is 0.793. The van der Waals surface area contributed by atoms with E-state index in [1.54, 1.807) is 12.4 Å². The Balaban J connectivity index is 2.19. The fourth-order valence-electron chi connectivity index (χ4n) is 1.59. The molecule has 78 valence electrons. The van der Waals surface area contributed by atoms with Gasteiger partial charge in [-0.25, -0.2) is 15.0 Å². The van der Waals surface area contributed by atoms with Crippen LogP contribution in [0.2, 0.25) is 0 Å². The number of aromatic amines is 1. The van der Waals surface area contributed by atoms with Crippen molar-refractivity contribution in [1.82, 2.24) is 24.9 Å². The van der Waals surface area contributed by atoms with Gasteiger partial charge in [0.05, 0.1) is 6.20 Å². The lowest BCUT2D eigenvalue weighted by atomic mass is 10.2. The third-order valence-corrected chi connectivity index (χ3v) is 2.33. The monoisotopic (exact) mass is 211 g/mol. The molecule has 0 radical (unpaired) electrons. The Hall–Kier alpha value is -2.30. The minimum Gasteiger partial charge on any atom is -0.335 e. The van der Waals surface area contributed by atoms with Crippen molar-refractivity contribution in [2.24, 2.45) is 0 Å². The van der Waals surface area contributed by atoms with Crippen LogP contribution < -0.4 is 0 Å². The van der Waals surface area contributed by atoms with Crippen LogP contribution in [-0.2, 0) is 0 Å². The van der Waals surface area contributed by atoms with E-state index in [2.05, 4.69) is 24.9 Å². The van der Waals surface area contributed by atoms with Gasteiger partial charge in [-0.05, 0) is 19.1 Å². The van der Waals surface area contributed by atoms with Crippen LogP contribution in [-0.4, -0.2) is 24.9 Å². The van der Waals surface area contributed by atoms with Crippen LogP contribution in [0.5, 0.6) is 0 Å². The van der Waals surface area contributed by atoms with Gasteiger partial charge in [-0.2, -0.15) is 0 Å². The van der Waals surface area contributed by atoms with Gasteiger partial charge in [-0.1, -0.05) is 0 Å².